The smallest absolute Gasteiger partial charge is 0.419 e. The molecule has 0 bridgehead atoms. The molecule has 1 rings (SSSR count). The third kappa shape index (κ3) is 3.30. The summed E-state index contributed by atoms with van der Waals surface area (Å²) in [6, 6.07) is 3.28. The Bertz CT molecular complexity index is 347. The predicted molar refractivity (Wildman–Crippen MR) is 52.2 cm³/mol. The third-order valence-electron chi connectivity index (χ3n) is 1.61. The molecule has 0 spiro atoms. The Morgan fingerprint density at radius 1 is 1.27 bits per heavy atom. The van der Waals surface area contributed by atoms with E-state index in [1.807, 2.05) is 0 Å². The number of alkyl halides is 3. The van der Waals surface area contributed by atoms with Gasteiger partial charge in [-0.25, -0.2) is 0 Å². The van der Waals surface area contributed by atoms with Crippen molar-refractivity contribution in [2.45, 2.75) is 26.1 Å². The first kappa shape index (κ1) is 12.2. The lowest BCUT2D eigenvalue weighted by Gasteiger charge is -2.16. The molecular formula is C10H10ClF3O. The van der Waals surface area contributed by atoms with Crippen molar-refractivity contribution in [2.75, 3.05) is 0 Å². The fraction of sp³-hybridized carbons (Fsp3) is 0.400. The van der Waals surface area contributed by atoms with Crippen molar-refractivity contribution < 1.29 is 17.9 Å². The lowest BCUT2D eigenvalue weighted by Crippen LogP contribution is -2.12. The minimum atomic E-state index is -4.42. The first-order chi connectivity index (χ1) is 6.80. The van der Waals surface area contributed by atoms with Crippen LogP contribution >= 0.6 is 11.6 Å². The fourth-order valence-electron chi connectivity index (χ4n) is 1.08. The van der Waals surface area contributed by atoms with Crippen LogP contribution in [0.2, 0.25) is 5.02 Å². The summed E-state index contributed by atoms with van der Waals surface area (Å²) in [5.74, 6) is -0.231. The van der Waals surface area contributed by atoms with E-state index >= 15 is 0 Å². The van der Waals surface area contributed by atoms with Crippen LogP contribution in [0.5, 0.6) is 5.75 Å². The topological polar surface area (TPSA) is 9.23 Å². The fourth-order valence-corrected chi connectivity index (χ4v) is 1.24. The van der Waals surface area contributed by atoms with Crippen LogP contribution in [-0.4, -0.2) is 6.10 Å². The lowest BCUT2D eigenvalue weighted by atomic mass is 10.2. The molecule has 1 aromatic rings. The molecule has 0 N–H and O–H groups in total. The molecule has 0 saturated carbocycles. The maximum atomic E-state index is 12.5. The van der Waals surface area contributed by atoms with E-state index in [0.29, 0.717) is 0 Å². The van der Waals surface area contributed by atoms with Crippen molar-refractivity contribution >= 4 is 11.6 Å². The van der Waals surface area contributed by atoms with Crippen LogP contribution in [0, 0.1) is 0 Å². The van der Waals surface area contributed by atoms with Gasteiger partial charge in [0.2, 0.25) is 0 Å². The van der Waals surface area contributed by atoms with Gasteiger partial charge < -0.3 is 4.74 Å². The summed E-state index contributed by atoms with van der Waals surface area (Å²) in [4.78, 5) is 0. The second-order valence-corrected chi connectivity index (χ2v) is 3.74. The molecule has 1 nitrogen and oxygen atoms in total. The number of rotatable bonds is 2. The molecule has 0 fully saturated rings. The summed E-state index contributed by atoms with van der Waals surface area (Å²) < 4.78 is 42.6. The highest BCUT2D eigenvalue weighted by molar-refractivity contribution is 6.30. The third-order valence-corrected chi connectivity index (χ3v) is 1.85. The summed E-state index contributed by atoms with van der Waals surface area (Å²) >= 11 is 5.60. The first-order valence-electron chi connectivity index (χ1n) is 4.34. The van der Waals surface area contributed by atoms with Gasteiger partial charge in [0.15, 0.2) is 0 Å². The number of ether oxygens (including phenoxy) is 1. The highest BCUT2D eigenvalue weighted by atomic mass is 35.5. The van der Waals surface area contributed by atoms with Crippen molar-refractivity contribution in [1.29, 1.82) is 0 Å². The zero-order valence-corrected chi connectivity index (χ0v) is 8.99. The lowest BCUT2D eigenvalue weighted by molar-refractivity contribution is -0.139. The van der Waals surface area contributed by atoms with E-state index in [9.17, 15) is 13.2 Å². The number of benzene rings is 1. The molecule has 0 radical (unpaired) electrons. The Kier molecular flexibility index (Phi) is 3.50. The van der Waals surface area contributed by atoms with E-state index in [2.05, 4.69) is 0 Å². The molecule has 1 aromatic carbocycles. The number of hydrogen-bond donors (Lipinski definition) is 0. The van der Waals surface area contributed by atoms with Crippen molar-refractivity contribution in [1.82, 2.24) is 0 Å². The zero-order valence-electron chi connectivity index (χ0n) is 8.23. The first-order valence-corrected chi connectivity index (χ1v) is 4.72. The largest absolute Gasteiger partial charge is 0.490 e. The summed E-state index contributed by atoms with van der Waals surface area (Å²) in [5.41, 5.74) is -0.805. The zero-order chi connectivity index (χ0) is 11.6. The second kappa shape index (κ2) is 4.31. The summed E-state index contributed by atoms with van der Waals surface area (Å²) in [6.07, 6.45) is -4.75. The van der Waals surface area contributed by atoms with Gasteiger partial charge >= 0.3 is 6.18 Å². The van der Waals surface area contributed by atoms with E-state index in [-0.39, 0.29) is 16.9 Å². The van der Waals surface area contributed by atoms with Crippen LogP contribution < -0.4 is 4.74 Å². The Morgan fingerprint density at radius 2 is 1.87 bits per heavy atom. The van der Waals surface area contributed by atoms with E-state index in [1.165, 1.54) is 12.1 Å². The molecular weight excluding hydrogens is 229 g/mol. The van der Waals surface area contributed by atoms with Gasteiger partial charge in [0, 0.05) is 5.02 Å². The van der Waals surface area contributed by atoms with E-state index in [4.69, 9.17) is 16.3 Å². The van der Waals surface area contributed by atoms with Gasteiger partial charge in [-0.2, -0.15) is 13.2 Å². The molecule has 0 unspecified atom stereocenters. The van der Waals surface area contributed by atoms with E-state index in [0.717, 1.165) is 6.07 Å². The average Bonchev–Trinajstić information content (AvgIpc) is 1.99. The highest BCUT2D eigenvalue weighted by Crippen LogP contribution is 2.37. The second-order valence-electron chi connectivity index (χ2n) is 3.30. The summed E-state index contributed by atoms with van der Waals surface area (Å²) in [5, 5.41) is 0.221. The maximum Gasteiger partial charge on any atom is 0.419 e. The molecule has 5 heteroatoms. The quantitative estimate of drug-likeness (QED) is 0.752. The van der Waals surface area contributed by atoms with Gasteiger partial charge in [0.25, 0.3) is 0 Å². The van der Waals surface area contributed by atoms with Gasteiger partial charge in [-0.1, -0.05) is 11.6 Å². The van der Waals surface area contributed by atoms with Gasteiger partial charge in [0.05, 0.1) is 11.7 Å². The van der Waals surface area contributed by atoms with Crippen molar-refractivity contribution in [3.05, 3.63) is 28.8 Å². The van der Waals surface area contributed by atoms with Crippen molar-refractivity contribution in [2.24, 2.45) is 0 Å². The van der Waals surface area contributed by atoms with Crippen LogP contribution in [0.4, 0.5) is 13.2 Å². The highest BCUT2D eigenvalue weighted by Gasteiger charge is 2.34. The standard InChI is InChI=1S/C10H10ClF3O/c1-6(2)15-9-5-7(11)3-4-8(9)10(12,13)14/h3-6H,1-2H3. The molecule has 0 amide bonds. The minimum Gasteiger partial charge on any atom is -0.490 e. The van der Waals surface area contributed by atoms with Crippen LogP contribution in [-0.2, 0) is 6.18 Å². The minimum absolute atomic E-state index is 0.221. The van der Waals surface area contributed by atoms with Crippen LogP contribution in [0.3, 0.4) is 0 Å². The Hall–Kier alpha value is -0.900. The molecule has 0 heterocycles. The predicted octanol–water partition coefficient (Wildman–Crippen LogP) is 4.15. The van der Waals surface area contributed by atoms with Crippen molar-refractivity contribution in [3.63, 3.8) is 0 Å². The monoisotopic (exact) mass is 238 g/mol. The molecule has 0 aliphatic rings. The molecule has 84 valence electrons. The van der Waals surface area contributed by atoms with Gasteiger partial charge in [-0.15, -0.1) is 0 Å². The van der Waals surface area contributed by atoms with Gasteiger partial charge in [-0.05, 0) is 32.0 Å². The summed E-state index contributed by atoms with van der Waals surface area (Å²) in [6.45, 7) is 3.31. The molecule has 0 aliphatic carbocycles. The molecule has 0 atom stereocenters. The van der Waals surface area contributed by atoms with E-state index < -0.39 is 11.7 Å². The average molecular weight is 239 g/mol. The van der Waals surface area contributed by atoms with Gasteiger partial charge in [-0.3, -0.25) is 0 Å². The number of hydrogen-bond acceptors (Lipinski definition) is 1. The number of halogens is 4. The maximum absolute atomic E-state index is 12.5. The normalized spacial score (nSPS) is 11.9. The van der Waals surface area contributed by atoms with Crippen LogP contribution in [0.25, 0.3) is 0 Å². The Balaban J connectivity index is 3.15. The van der Waals surface area contributed by atoms with E-state index in [1.54, 1.807) is 13.8 Å². The SMILES string of the molecule is CC(C)Oc1cc(Cl)ccc1C(F)(F)F. The Morgan fingerprint density at radius 3 is 2.33 bits per heavy atom. The van der Waals surface area contributed by atoms with Gasteiger partial charge in [0.1, 0.15) is 5.75 Å². The van der Waals surface area contributed by atoms with Crippen molar-refractivity contribution in [3.8, 4) is 5.75 Å². The molecule has 0 saturated heterocycles. The van der Waals surface area contributed by atoms with Crippen LogP contribution in [0.15, 0.2) is 18.2 Å². The Labute approximate surface area is 90.8 Å². The van der Waals surface area contributed by atoms with Crippen LogP contribution in [0.1, 0.15) is 19.4 Å². The summed E-state index contributed by atoms with van der Waals surface area (Å²) in [7, 11) is 0. The molecule has 15 heavy (non-hydrogen) atoms. The molecule has 0 aromatic heterocycles. The molecule has 0 aliphatic heterocycles.